The number of hydrogen-bond acceptors (Lipinski definition) is 4. The van der Waals surface area contributed by atoms with Gasteiger partial charge in [0.25, 0.3) is 5.91 Å². The fourth-order valence-electron chi connectivity index (χ4n) is 3.54. The predicted octanol–water partition coefficient (Wildman–Crippen LogP) is 3.01. The molecule has 1 aliphatic rings. The van der Waals surface area contributed by atoms with Crippen molar-refractivity contribution >= 4 is 17.2 Å². The first-order chi connectivity index (χ1) is 11.6. The summed E-state index contributed by atoms with van der Waals surface area (Å²) in [5.41, 5.74) is 2.87. The van der Waals surface area contributed by atoms with E-state index in [1.807, 2.05) is 37.2 Å². The summed E-state index contributed by atoms with van der Waals surface area (Å²) >= 11 is 1.59. The van der Waals surface area contributed by atoms with Gasteiger partial charge in [0, 0.05) is 36.1 Å². The Hall–Kier alpha value is -1.66. The molecule has 1 aliphatic heterocycles. The monoisotopic (exact) mass is 346 g/mol. The van der Waals surface area contributed by atoms with Gasteiger partial charge < -0.3 is 10.2 Å². The van der Waals surface area contributed by atoms with Crippen LogP contribution in [0.4, 0.5) is 0 Å². The lowest BCUT2D eigenvalue weighted by Crippen LogP contribution is -2.39. The highest BCUT2D eigenvalue weighted by Crippen LogP contribution is 2.26. The molecule has 1 fully saturated rings. The Kier molecular flexibility index (Phi) is 5.36. The summed E-state index contributed by atoms with van der Waals surface area (Å²) in [6, 6.07) is 2.01. The zero-order valence-electron chi connectivity index (χ0n) is 14.7. The average Bonchev–Trinajstić information content (AvgIpc) is 3.20. The number of aromatic nitrogens is 2. The first kappa shape index (κ1) is 17.2. The largest absolute Gasteiger partial charge is 0.339 e. The molecule has 0 bridgehead atoms. The Balaban J connectivity index is 1.72. The third kappa shape index (κ3) is 3.39. The van der Waals surface area contributed by atoms with Crippen molar-refractivity contribution in [1.82, 2.24) is 19.8 Å². The molecule has 5 nitrogen and oxygen atoms in total. The second-order valence-electron chi connectivity index (χ2n) is 6.56. The van der Waals surface area contributed by atoms with Crippen LogP contribution in [0.1, 0.15) is 41.0 Å². The van der Waals surface area contributed by atoms with Crippen LogP contribution >= 0.6 is 11.3 Å². The summed E-state index contributed by atoms with van der Waals surface area (Å²) in [5.74, 6) is 0.905. The summed E-state index contributed by atoms with van der Waals surface area (Å²) < 4.78 is 2.08. The normalized spacial score (nSPS) is 15.9. The fourth-order valence-corrected chi connectivity index (χ4v) is 4.30. The number of likely N-dealkylation sites (tertiary alicyclic amines) is 1. The van der Waals surface area contributed by atoms with E-state index >= 15 is 0 Å². The smallest absolute Gasteiger partial charge is 0.255 e. The molecule has 2 aromatic heterocycles. The second-order valence-corrected chi connectivity index (χ2v) is 7.44. The van der Waals surface area contributed by atoms with Crippen LogP contribution in [0.15, 0.2) is 17.6 Å². The summed E-state index contributed by atoms with van der Waals surface area (Å²) in [4.78, 5) is 19.4. The van der Waals surface area contributed by atoms with Crippen molar-refractivity contribution in [3.05, 3.63) is 34.6 Å². The van der Waals surface area contributed by atoms with E-state index in [0.29, 0.717) is 0 Å². The van der Waals surface area contributed by atoms with Crippen molar-refractivity contribution in [2.75, 3.05) is 26.7 Å². The Bertz CT molecular complexity index is 684. The van der Waals surface area contributed by atoms with Gasteiger partial charge in [-0.2, -0.15) is 0 Å². The molecule has 1 N–H and O–H groups in total. The Morgan fingerprint density at radius 3 is 2.75 bits per heavy atom. The van der Waals surface area contributed by atoms with E-state index < -0.39 is 0 Å². The lowest BCUT2D eigenvalue weighted by Gasteiger charge is -2.32. The third-order valence-corrected chi connectivity index (χ3v) is 5.73. The summed E-state index contributed by atoms with van der Waals surface area (Å²) in [7, 11) is 2.00. The van der Waals surface area contributed by atoms with Gasteiger partial charge in [-0.15, -0.1) is 11.3 Å². The molecular formula is C18H26N4OS. The van der Waals surface area contributed by atoms with E-state index in [0.717, 1.165) is 60.5 Å². The molecule has 6 heteroatoms. The molecule has 0 atom stereocenters. The standard InChI is InChI=1S/C18H26N4OS/c1-13-12-16(14(2)22(13)18-20-8-11-24-18)17(23)21-9-5-15(6-10-21)4-7-19-3/h8,11-12,15,19H,4-7,9-10H2,1-3H3. The average molecular weight is 347 g/mol. The molecule has 130 valence electrons. The molecule has 0 radical (unpaired) electrons. The van der Waals surface area contributed by atoms with E-state index in [1.165, 1.54) is 6.42 Å². The maximum atomic E-state index is 13.0. The fraction of sp³-hybridized carbons (Fsp3) is 0.556. The van der Waals surface area contributed by atoms with Gasteiger partial charge in [-0.05, 0) is 58.7 Å². The van der Waals surface area contributed by atoms with Crippen molar-refractivity contribution in [3.63, 3.8) is 0 Å². The van der Waals surface area contributed by atoms with Gasteiger partial charge in [-0.1, -0.05) is 0 Å². The Morgan fingerprint density at radius 2 is 2.12 bits per heavy atom. The van der Waals surface area contributed by atoms with Crippen molar-refractivity contribution in [3.8, 4) is 5.13 Å². The van der Waals surface area contributed by atoms with Gasteiger partial charge in [-0.25, -0.2) is 4.98 Å². The van der Waals surface area contributed by atoms with E-state index in [4.69, 9.17) is 0 Å². The molecule has 0 aliphatic carbocycles. The molecule has 1 saturated heterocycles. The van der Waals surface area contributed by atoms with Crippen LogP contribution in [0, 0.1) is 19.8 Å². The van der Waals surface area contributed by atoms with Gasteiger partial charge >= 0.3 is 0 Å². The zero-order chi connectivity index (χ0) is 17.1. The Morgan fingerprint density at radius 1 is 1.38 bits per heavy atom. The number of carbonyl (C=O) groups excluding carboxylic acids is 1. The van der Waals surface area contributed by atoms with Crippen LogP contribution in [-0.2, 0) is 0 Å². The summed E-state index contributed by atoms with van der Waals surface area (Å²) in [6.07, 6.45) is 5.23. The summed E-state index contributed by atoms with van der Waals surface area (Å²) in [5, 5.41) is 6.11. The maximum Gasteiger partial charge on any atom is 0.255 e. The molecule has 0 spiro atoms. The highest BCUT2D eigenvalue weighted by molar-refractivity contribution is 7.12. The van der Waals surface area contributed by atoms with Crippen molar-refractivity contribution in [2.24, 2.45) is 5.92 Å². The highest BCUT2D eigenvalue weighted by Gasteiger charge is 2.26. The van der Waals surface area contributed by atoms with E-state index in [9.17, 15) is 4.79 Å². The van der Waals surface area contributed by atoms with E-state index in [-0.39, 0.29) is 5.91 Å². The topological polar surface area (TPSA) is 50.2 Å². The molecule has 0 saturated carbocycles. The quantitative estimate of drug-likeness (QED) is 0.905. The number of nitrogens with one attached hydrogen (secondary N) is 1. The van der Waals surface area contributed by atoms with Gasteiger partial charge in [0.1, 0.15) is 0 Å². The van der Waals surface area contributed by atoms with Crippen LogP contribution < -0.4 is 5.32 Å². The molecule has 2 aromatic rings. The minimum Gasteiger partial charge on any atom is -0.339 e. The van der Waals surface area contributed by atoms with Crippen LogP contribution in [0.2, 0.25) is 0 Å². The molecule has 0 unspecified atom stereocenters. The number of nitrogens with zero attached hydrogens (tertiary/aromatic N) is 3. The number of aryl methyl sites for hydroxylation is 1. The van der Waals surface area contributed by atoms with Gasteiger partial charge in [0.2, 0.25) is 0 Å². The van der Waals surface area contributed by atoms with Gasteiger partial charge in [0.15, 0.2) is 5.13 Å². The molecule has 3 heterocycles. The predicted molar refractivity (Wildman–Crippen MR) is 98.1 cm³/mol. The minimum atomic E-state index is 0.165. The van der Waals surface area contributed by atoms with Crippen molar-refractivity contribution < 1.29 is 4.79 Å². The number of carbonyl (C=O) groups is 1. The van der Waals surface area contributed by atoms with Crippen LogP contribution in [0.5, 0.6) is 0 Å². The number of hydrogen-bond donors (Lipinski definition) is 1. The zero-order valence-corrected chi connectivity index (χ0v) is 15.5. The van der Waals surface area contributed by atoms with Crippen molar-refractivity contribution in [2.45, 2.75) is 33.1 Å². The number of rotatable bonds is 5. The van der Waals surface area contributed by atoms with Crippen LogP contribution in [0.3, 0.4) is 0 Å². The third-order valence-electron chi connectivity index (χ3n) is 4.98. The van der Waals surface area contributed by atoms with Gasteiger partial charge in [-0.3, -0.25) is 9.36 Å². The first-order valence-corrected chi connectivity index (χ1v) is 9.52. The molecule has 3 rings (SSSR count). The van der Waals surface area contributed by atoms with Crippen LogP contribution in [-0.4, -0.2) is 47.0 Å². The number of piperidine rings is 1. The number of thiazole rings is 1. The maximum absolute atomic E-state index is 13.0. The van der Waals surface area contributed by atoms with Crippen LogP contribution in [0.25, 0.3) is 5.13 Å². The highest BCUT2D eigenvalue weighted by atomic mass is 32.1. The lowest BCUT2D eigenvalue weighted by atomic mass is 9.93. The SMILES string of the molecule is CNCCC1CCN(C(=O)c2cc(C)n(-c3nccs3)c2C)CC1. The Labute approximate surface area is 147 Å². The van der Waals surface area contributed by atoms with Gasteiger partial charge in [0.05, 0.1) is 5.56 Å². The summed E-state index contributed by atoms with van der Waals surface area (Å²) in [6.45, 7) is 6.85. The van der Waals surface area contributed by atoms with E-state index in [2.05, 4.69) is 14.9 Å². The second kappa shape index (κ2) is 7.49. The minimum absolute atomic E-state index is 0.165. The molecular weight excluding hydrogens is 320 g/mol. The first-order valence-electron chi connectivity index (χ1n) is 8.64. The molecule has 1 amide bonds. The van der Waals surface area contributed by atoms with Crippen molar-refractivity contribution in [1.29, 1.82) is 0 Å². The lowest BCUT2D eigenvalue weighted by molar-refractivity contribution is 0.0686. The van der Waals surface area contributed by atoms with E-state index in [1.54, 1.807) is 17.5 Å². The molecule has 0 aromatic carbocycles. The number of amides is 1. The molecule has 24 heavy (non-hydrogen) atoms.